The fourth-order valence-electron chi connectivity index (χ4n) is 1.21. The average molecular weight is 268 g/mol. The predicted octanol–water partition coefficient (Wildman–Crippen LogP) is 2.49. The molecule has 0 aromatic heterocycles. The smallest absolute Gasteiger partial charge is 0.295 e. The zero-order valence-electron chi connectivity index (χ0n) is 11.3. The van der Waals surface area contributed by atoms with Gasteiger partial charge in [0, 0.05) is 0 Å². The third kappa shape index (κ3) is 3.46. The summed E-state index contributed by atoms with van der Waals surface area (Å²) in [6, 6.07) is 4.61. The molecule has 0 aliphatic carbocycles. The molecule has 0 aliphatic heterocycles. The van der Waals surface area contributed by atoms with Crippen molar-refractivity contribution in [2.75, 3.05) is 5.73 Å². The van der Waals surface area contributed by atoms with Crippen LogP contribution >= 0.6 is 0 Å². The standard InChI is InChI=1S/C12H20N2O3Si/c1-8(2)12(3,4)18-17-9-5-6-10(13)11(7-9)14(15)16/h5-8H,13,18H2,1-4H3. The van der Waals surface area contributed by atoms with Crippen molar-refractivity contribution in [1.82, 2.24) is 0 Å². The molecule has 0 radical (unpaired) electrons. The third-order valence-corrected chi connectivity index (χ3v) is 5.41. The Morgan fingerprint density at radius 1 is 1.44 bits per heavy atom. The highest BCUT2D eigenvalue weighted by atomic mass is 28.2. The first-order chi connectivity index (χ1) is 8.24. The molecular weight excluding hydrogens is 248 g/mol. The Labute approximate surface area is 109 Å². The van der Waals surface area contributed by atoms with Gasteiger partial charge in [-0.3, -0.25) is 10.1 Å². The van der Waals surface area contributed by atoms with Crippen molar-refractivity contribution in [3.8, 4) is 5.75 Å². The van der Waals surface area contributed by atoms with Crippen LogP contribution < -0.4 is 10.2 Å². The summed E-state index contributed by atoms with van der Waals surface area (Å²) in [7, 11) is -0.823. The van der Waals surface area contributed by atoms with E-state index in [9.17, 15) is 10.1 Å². The van der Waals surface area contributed by atoms with Crippen LogP contribution in [-0.4, -0.2) is 14.7 Å². The molecule has 0 amide bonds. The molecule has 0 fully saturated rings. The molecule has 0 atom stereocenters. The molecule has 1 aromatic carbocycles. The first-order valence-electron chi connectivity index (χ1n) is 5.91. The Kier molecular flexibility index (Phi) is 4.34. The molecule has 1 aromatic rings. The van der Waals surface area contributed by atoms with Crippen LogP contribution in [0.25, 0.3) is 0 Å². The van der Waals surface area contributed by atoms with Crippen LogP contribution in [0.4, 0.5) is 11.4 Å². The molecule has 0 aliphatic rings. The van der Waals surface area contributed by atoms with Crippen LogP contribution in [0.15, 0.2) is 18.2 Å². The van der Waals surface area contributed by atoms with Gasteiger partial charge in [-0.2, -0.15) is 0 Å². The van der Waals surface area contributed by atoms with Crippen molar-refractivity contribution in [3.63, 3.8) is 0 Å². The summed E-state index contributed by atoms with van der Waals surface area (Å²) >= 11 is 0. The molecule has 1 rings (SSSR count). The summed E-state index contributed by atoms with van der Waals surface area (Å²) < 4.78 is 5.76. The first kappa shape index (κ1) is 14.5. The molecule has 2 N–H and O–H groups in total. The maximum absolute atomic E-state index is 10.8. The number of benzene rings is 1. The van der Waals surface area contributed by atoms with Gasteiger partial charge in [-0.15, -0.1) is 0 Å². The number of hydrogen-bond acceptors (Lipinski definition) is 4. The first-order valence-corrected chi connectivity index (χ1v) is 7.19. The van der Waals surface area contributed by atoms with Crippen molar-refractivity contribution in [2.45, 2.75) is 32.7 Å². The lowest BCUT2D eigenvalue weighted by atomic mass is 9.99. The zero-order chi connectivity index (χ0) is 13.9. The third-order valence-electron chi connectivity index (χ3n) is 3.37. The summed E-state index contributed by atoms with van der Waals surface area (Å²) in [5.74, 6) is 1.06. The molecule has 0 bridgehead atoms. The van der Waals surface area contributed by atoms with Crippen LogP contribution in [0.5, 0.6) is 5.75 Å². The molecule has 0 unspecified atom stereocenters. The summed E-state index contributed by atoms with van der Waals surface area (Å²) in [4.78, 5) is 10.3. The highest BCUT2D eigenvalue weighted by molar-refractivity contribution is 6.33. The van der Waals surface area contributed by atoms with E-state index in [-0.39, 0.29) is 16.4 Å². The van der Waals surface area contributed by atoms with Crippen LogP contribution in [0.3, 0.4) is 0 Å². The van der Waals surface area contributed by atoms with Crippen molar-refractivity contribution < 1.29 is 9.35 Å². The Morgan fingerprint density at radius 3 is 2.56 bits per heavy atom. The fraction of sp³-hybridized carbons (Fsp3) is 0.500. The molecule has 0 spiro atoms. The van der Waals surface area contributed by atoms with Crippen molar-refractivity contribution in [1.29, 1.82) is 0 Å². The summed E-state index contributed by atoms with van der Waals surface area (Å²) in [5.41, 5.74) is 5.61. The molecule has 0 heterocycles. The maximum Gasteiger partial charge on any atom is 0.295 e. The lowest BCUT2D eigenvalue weighted by Gasteiger charge is -2.28. The molecule has 0 saturated carbocycles. The van der Waals surface area contributed by atoms with Gasteiger partial charge in [0.15, 0.2) is 0 Å². The van der Waals surface area contributed by atoms with Gasteiger partial charge in [0.2, 0.25) is 9.76 Å². The summed E-state index contributed by atoms with van der Waals surface area (Å²) in [5, 5.41) is 10.9. The minimum Gasteiger partial charge on any atom is -0.549 e. The summed E-state index contributed by atoms with van der Waals surface area (Å²) in [6.45, 7) is 8.63. The van der Waals surface area contributed by atoms with Crippen LogP contribution in [0, 0.1) is 16.0 Å². The van der Waals surface area contributed by atoms with E-state index < -0.39 is 14.7 Å². The molecule has 100 valence electrons. The number of nitrogens with two attached hydrogens (primary N) is 1. The van der Waals surface area contributed by atoms with Gasteiger partial charge in [0.1, 0.15) is 11.4 Å². The molecule has 5 nitrogen and oxygen atoms in total. The Balaban J connectivity index is 2.81. The monoisotopic (exact) mass is 268 g/mol. The van der Waals surface area contributed by atoms with Crippen LogP contribution in [-0.2, 0) is 0 Å². The van der Waals surface area contributed by atoms with Crippen LogP contribution in [0.1, 0.15) is 27.7 Å². The van der Waals surface area contributed by atoms with E-state index in [2.05, 4.69) is 27.7 Å². The van der Waals surface area contributed by atoms with Gasteiger partial charge < -0.3 is 10.2 Å². The minimum atomic E-state index is -0.823. The van der Waals surface area contributed by atoms with E-state index in [1.54, 1.807) is 6.07 Å². The van der Waals surface area contributed by atoms with Gasteiger partial charge in [-0.05, 0) is 23.1 Å². The number of nitro benzene ring substituents is 1. The molecule has 18 heavy (non-hydrogen) atoms. The molecule has 0 saturated heterocycles. The summed E-state index contributed by atoms with van der Waals surface area (Å²) in [6.07, 6.45) is 0. The number of rotatable bonds is 5. The fourth-order valence-corrected chi connectivity index (χ4v) is 2.26. The van der Waals surface area contributed by atoms with E-state index >= 15 is 0 Å². The predicted molar refractivity (Wildman–Crippen MR) is 75.6 cm³/mol. The Hall–Kier alpha value is -1.56. The lowest BCUT2D eigenvalue weighted by Crippen LogP contribution is -2.24. The van der Waals surface area contributed by atoms with Crippen LogP contribution in [0.2, 0.25) is 5.04 Å². The zero-order valence-corrected chi connectivity index (χ0v) is 12.7. The number of nitro groups is 1. The topological polar surface area (TPSA) is 78.4 Å². The van der Waals surface area contributed by atoms with E-state index in [1.807, 2.05) is 0 Å². The minimum absolute atomic E-state index is 0.0937. The number of hydrogen-bond donors (Lipinski definition) is 1. The van der Waals surface area contributed by atoms with E-state index in [0.717, 1.165) is 0 Å². The largest absolute Gasteiger partial charge is 0.549 e. The van der Waals surface area contributed by atoms with Gasteiger partial charge in [-0.1, -0.05) is 27.7 Å². The van der Waals surface area contributed by atoms with Crippen molar-refractivity contribution in [3.05, 3.63) is 28.3 Å². The van der Waals surface area contributed by atoms with Crippen molar-refractivity contribution in [2.24, 2.45) is 5.92 Å². The second-order valence-electron chi connectivity index (χ2n) is 5.41. The SMILES string of the molecule is CC(C)C(C)(C)[SiH2]Oc1ccc(N)c([N+](=O)[O-])c1. The highest BCUT2D eigenvalue weighted by Crippen LogP contribution is 2.34. The second-order valence-corrected chi connectivity index (χ2v) is 7.81. The number of anilines is 1. The quantitative estimate of drug-likeness (QED) is 0.385. The maximum atomic E-state index is 10.8. The number of nitrogen functional groups attached to an aromatic ring is 1. The van der Waals surface area contributed by atoms with E-state index in [1.165, 1.54) is 12.1 Å². The molecular formula is C12H20N2O3Si. The van der Waals surface area contributed by atoms with Gasteiger partial charge in [0.25, 0.3) is 5.69 Å². The Morgan fingerprint density at radius 2 is 2.06 bits per heavy atom. The number of nitrogens with zero attached hydrogens (tertiary/aromatic N) is 1. The Bertz CT molecular complexity index is 447. The second kappa shape index (κ2) is 5.39. The van der Waals surface area contributed by atoms with Gasteiger partial charge in [0.05, 0.1) is 11.0 Å². The van der Waals surface area contributed by atoms with E-state index in [0.29, 0.717) is 11.7 Å². The average Bonchev–Trinajstić information content (AvgIpc) is 2.27. The van der Waals surface area contributed by atoms with E-state index in [4.69, 9.17) is 10.2 Å². The molecule has 6 heteroatoms. The highest BCUT2D eigenvalue weighted by Gasteiger charge is 2.25. The van der Waals surface area contributed by atoms with Crippen molar-refractivity contribution >= 4 is 21.1 Å². The van der Waals surface area contributed by atoms with Gasteiger partial charge >= 0.3 is 0 Å². The lowest BCUT2D eigenvalue weighted by molar-refractivity contribution is -0.383. The van der Waals surface area contributed by atoms with Gasteiger partial charge in [-0.25, -0.2) is 0 Å². The normalized spacial score (nSPS) is 12.3.